The van der Waals surface area contributed by atoms with Gasteiger partial charge in [0.15, 0.2) is 0 Å². The van der Waals surface area contributed by atoms with Crippen LogP contribution in [0.15, 0.2) is 77.5 Å². The number of para-hydroxylation sites is 1. The number of rotatable bonds is 8. The second kappa shape index (κ2) is 12.3. The topological polar surface area (TPSA) is 91.8 Å². The maximum Gasteiger partial charge on any atom is 0.410 e. The Kier molecular flexibility index (Phi) is 8.67. The number of aromatic nitrogens is 1. The summed E-state index contributed by atoms with van der Waals surface area (Å²) in [6, 6.07) is 18.9. The number of hydrogen-bond acceptors (Lipinski definition) is 5. The predicted octanol–water partition coefficient (Wildman–Crippen LogP) is 4.19. The Morgan fingerprint density at radius 2 is 1.78 bits per heavy atom. The molecule has 0 aliphatic carbocycles. The highest BCUT2D eigenvalue weighted by Crippen LogP contribution is 2.20. The Balaban J connectivity index is 1.24. The van der Waals surface area contributed by atoms with Gasteiger partial charge in [-0.2, -0.15) is 0 Å². The molecule has 0 bridgehead atoms. The van der Waals surface area contributed by atoms with E-state index in [1.165, 1.54) is 11.8 Å². The van der Waals surface area contributed by atoms with Crippen molar-refractivity contribution in [2.75, 3.05) is 31.1 Å². The number of hydrogen-bond donors (Lipinski definition) is 1. The first kappa shape index (κ1) is 25.4. The van der Waals surface area contributed by atoms with Gasteiger partial charge in [0.05, 0.1) is 12.1 Å². The Morgan fingerprint density at radius 3 is 2.56 bits per heavy atom. The molecule has 186 valence electrons. The van der Waals surface area contributed by atoms with Gasteiger partial charge in [0.2, 0.25) is 5.91 Å². The Bertz CT molecular complexity index is 1220. The molecule has 0 saturated heterocycles. The SMILES string of the molecule is O=C(CCN(C(=O)c1cncc(Br)c1)c1ccccc1)NCCOC(=O)N1CCc2ccccc2C1. The molecule has 1 aliphatic heterocycles. The zero-order valence-corrected chi connectivity index (χ0v) is 21.3. The van der Waals surface area contributed by atoms with Crippen LogP contribution >= 0.6 is 15.9 Å². The van der Waals surface area contributed by atoms with Crippen LogP contribution in [0.4, 0.5) is 10.5 Å². The Morgan fingerprint density at radius 1 is 1.03 bits per heavy atom. The second-order valence-electron chi connectivity index (χ2n) is 8.34. The van der Waals surface area contributed by atoms with Gasteiger partial charge in [-0.3, -0.25) is 14.6 Å². The first-order valence-corrected chi connectivity index (χ1v) is 12.5. The van der Waals surface area contributed by atoms with E-state index >= 15 is 0 Å². The number of nitrogens with zero attached hydrogens (tertiary/aromatic N) is 3. The molecule has 3 aromatic rings. The maximum absolute atomic E-state index is 13.1. The quantitative estimate of drug-likeness (QED) is 0.424. The van der Waals surface area contributed by atoms with Crippen molar-refractivity contribution in [1.82, 2.24) is 15.2 Å². The summed E-state index contributed by atoms with van der Waals surface area (Å²) in [6.45, 7) is 1.60. The molecule has 0 unspecified atom stereocenters. The molecule has 0 atom stereocenters. The molecule has 8 nitrogen and oxygen atoms in total. The van der Waals surface area contributed by atoms with E-state index in [0.29, 0.717) is 28.8 Å². The number of halogens is 1. The maximum atomic E-state index is 13.1. The molecule has 1 aliphatic rings. The molecular formula is C27H27BrN4O4. The van der Waals surface area contributed by atoms with Crippen molar-refractivity contribution in [2.24, 2.45) is 0 Å². The average molecular weight is 551 g/mol. The fraction of sp³-hybridized carbons (Fsp3) is 0.259. The molecule has 2 heterocycles. The molecule has 4 rings (SSSR count). The van der Waals surface area contributed by atoms with Gasteiger partial charge in [-0.05, 0) is 51.7 Å². The summed E-state index contributed by atoms with van der Waals surface area (Å²) in [5.74, 6) is -0.487. The second-order valence-corrected chi connectivity index (χ2v) is 9.25. The van der Waals surface area contributed by atoms with Crippen molar-refractivity contribution in [2.45, 2.75) is 19.4 Å². The molecule has 1 N–H and O–H groups in total. The number of carbonyl (C=O) groups is 3. The minimum atomic E-state index is -0.387. The molecule has 0 saturated carbocycles. The van der Waals surface area contributed by atoms with Crippen LogP contribution in [0.2, 0.25) is 0 Å². The third-order valence-corrected chi connectivity index (χ3v) is 6.30. The molecule has 1 aromatic heterocycles. The lowest BCUT2D eigenvalue weighted by molar-refractivity contribution is -0.121. The minimum absolute atomic E-state index is 0.0771. The van der Waals surface area contributed by atoms with Crippen molar-refractivity contribution in [3.8, 4) is 0 Å². The lowest BCUT2D eigenvalue weighted by Crippen LogP contribution is -2.38. The minimum Gasteiger partial charge on any atom is -0.448 e. The van der Waals surface area contributed by atoms with E-state index < -0.39 is 0 Å². The summed E-state index contributed by atoms with van der Waals surface area (Å²) >= 11 is 3.34. The number of fused-ring (bicyclic) bond motifs is 1. The van der Waals surface area contributed by atoms with Crippen LogP contribution in [-0.2, 0) is 22.5 Å². The third-order valence-electron chi connectivity index (χ3n) is 5.87. The first-order valence-electron chi connectivity index (χ1n) is 11.7. The Labute approximate surface area is 218 Å². The number of pyridine rings is 1. The number of amides is 3. The van der Waals surface area contributed by atoms with Gasteiger partial charge in [0, 0.05) is 48.6 Å². The van der Waals surface area contributed by atoms with Crippen LogP contribution in [0, 0.1) is 0 Å². The number of ether oxygens (including phenoxy) is 1. The van der Waals surface area contributed by atoms with E-state index in [1.54, 1.807) is 22.1 Å². The zero-order valence-electron chi connectivity index (χ0n) is 19.7. The van der Waals surface area contributed by atoms with Crippen LogP contribution in [0.3, 0.4) is 0 Å². The van der Waals surface area contributed by atoms with Gasteiger partial charge >= 0.3 is 6.09 Å². The lowest BCUT2D eigenvalue weighted by atomic mass is 10.0. The van der Waals surface area contributed by atoms with Crippen LogP contribution in [-0.4, -0.2) is 54.0 Å². The summed E-state index contributed by atoms with van der Waals surface area (Å²) in [7, 11) is 0. The van der Waals surface area contributed by atoms with Crippen molar-refractivity contribution in [3.05, 3.63) is 94.2 Å². The highest BCUT2D eigenvalue weighted by Gasteiger charge is 2.22. The van der Waals surface area contributed by atoms with Crippen molar-refractivity contribution in [3.63, 3.8) is 0 Å². The van der Waals surface area contributed by atoms with Crippen molar-refractivity contribution >= 4 is 39.5 Å². The zero-order chi connectivity index (χ0) is 25.3. The smallest absolute Gasteiger partial charge is 0.410 e. The molecule has 0 fully saturated rings. The van der Waals surface area contributed by atoms with Crippen LogP contribution in [0.1, 0.15) is 27.9 Å². The van der Waals surface area contributed by atoms with E-state index in [9.17, 15) is 14.4 Å². The number of nitrogens with one attached hydrogen (secondary N) is 1. The van der Waals surface area contributed by atoms with Crippen LogP contribution in [0.25, 0.3) is 0 Å². The van der Waals surface area contributed by atoms with E-state index in [-0.39, 0.29) is 44.0 Å². The molecule has 2 aromatic carbocycles. The van der Waals surface area contributed by atoms with E-state index in [2.05, 4.69) is 32.3 Å². The summed E-state index contributed by atoms with van der Waals surface area (Å²) in [4.78, 5) is 45.3. The first-order chi connectivity index (χ1) is 17.5. The molecule has 36 heavy (non-hydrogen) atoms. The fourth-order valence-corrected chi connectivity index (χ4v) is 4.38. The van der Waals surface area contributed by atoms with E-state index in [4.69, 9.17) is 4.74 Å². The normalized spacial score (nSPS) is 12.4. The van der Waals surface area contributed by atoms with E-state index in [0.717, 1.165) is 12.0 Å². The van der Waals surface area contributed by atoms with Gasteiger partial charge in [-0.25, -0.2) is 4.79 Å². The molecule has 3 amide bonds. The average Bonchev–Trinajstić information content (AvgIpc) is 2.91. The largest absolute Gasteiger partial charge is 0.448 e. The number of carbonyl (C=O) groups excluding carboxylic acids is 3. The van der Waals surface area contributed by atoms with Crippen LogP contribution in [0.5, 0.6) is 0 Å². The molecule has 0 radical (unpaired) electrons. The molecule has 9 heteroatoms. The van der Waals surface area contributed by atoms with Crippen molar-refractivity contribution < 1.29 is 19.1 Å². The Hall–Kier alpha value is -3.72. The van der Waals surface area contributed by atoms with Crippen molar-refractivity contribution in [1.29, 1.82) is 0 Å². The monoisotopic (exact) mass is 550 g/mol. The molecule has 0 spiro atoms. The van der Waals surface area contributed by atoms with Gasteiger partial charge < -0.3 is 19.9 Å². The third kappa shape index (κ3) is 6.69. The van der Waals surface area contributed by atoms with Gasteiger partial charge in [-0.1, -0.05) is 42.5 Å². The summed E-state index contributed by atoms with van der Waals surface area (Å²) in [5, 5.41) is 2.76. The highest BCUT2D eigenvalue weighted by atomic mass is 79.9. The lowest BCUT2D eigenvalue weighted by Gasteiger charge is -2.28. The van der Waals surface area contributed by atoms with Gasteiger partial charge in [0.25, 0.3) is 5.91 Å². The fourth-order valence-electron chi connectivity index (χ4n) is 4.01. The number of benzene rings is 2. The predicted molar refractivity (Wildman–Crippen MR) is 140 cm³/mol. The standard InChI is InChI=1S/C27H27BrN4O4/c28-23-16-22(17-29-18-23)26(34)32(24-8-2-1-3-9-24)14-11-25(33)30-12-15-36-27(35)31-13-10-20-6-4-5-7-21(20)19-31/h1-9,16-18H,10-15,19H2,(H,30,33). The molecular weight excluding hydrogens is 524 g/mol. The summed E-state index contributed by atoms with van der Waals surface area (Å²) in [5.41, 5.74) is 3.49. The summed E-state index contributed by atoms with van der Waals surface area (Å²) < 4.78 is 6.04. The van der Waals surface area contributed by atoms with Gasteiger partial charge in [-0.15, -0.1) is 0 Å². The van der Waals surface area contributed by atoms with Gasteiger partial charge in [0.1, 0.15) is 6.61 Å². The van der Waals surface area contributed by atoms with Crippen LogP contribution < -0.4 is 10.2 Å². The van der Waals surface area contributed by atoms with E-state index in [1.807, 2.05) is 48.5 Å². The number of anilines is 1. The highest BCUT2D eigenvalue weighted by molar-refractivity contribution is 9.10. The summed E-state index contributed by atoms with van der Waals surface area (Å²) in [6.07, 6.45) is 3.61.